The molecule has 0 spiro atoms. The van der Waals surface area contributed by atoms with Crippen molar-refractivity contribution in [3.63, 3.8) is 0 Å². The van der Waals surface area contributed by atoms with Crippen molar-refractivity contribution in [1.82, 2.24) is 15.2 Å². The molecule has 2 rings (SSSR count). The minimum absolute atomic E-state index is 0.0625. The molecule has 1 aromatic carbocycles. The van der Waals surface area contributed by atoms with Crippen LogP contribution in [0.15, 0.2) is 29.2 Å². The Morgan fingerprint density at radius 3 is 2.35 bits per heavy atom. The molecule has 1 saturated carbocycles. The van der Waals surface area contributed by atoms with Crippen molar-refractivity contribution in [2.75, 3.05) is 13.1 Å². The predicted molar refractivity (Wildman–Crippen MR) is 98.7 cm³/mol. The van der Waals surface area contributed by atoms with Gasteiger partial charge in [-0.25, -0.2) is 8.42 Å². The lowest BCUT2D eigenvalue weighted by molar-refractivity contribution is -0.126. The molecule has 26 heavy (non-hydrogen) atoms. The fourth-order valence-corrected chi connectivity index (χ4v) is 4.67. The second-order valence-electron chi connectivity index (χ2n) is 6.40. The van der Waals surface area contributed by atoms with E-state index in [1.54, 1.807) is 13.8 Å². The summed E-state index contributed by atoms with van der Waals surface area (Å²) in [5.41, 5.74) is 5.02. The molecule has 8 heteroatoms. The van der Waals surface area contributed by atoms with Crippen LogP contribution >= 0.6 is 0 Å². The first-order chi connectivity index (χ1) is 12.4. The molecule has 0 saturated heterocycles. The van der Waals surface area contributed by atoms with Crippen LogP contribution in [0, 0.1) is 5.92 Å². The number of sulfonamides is 1. The molecule has 0 heterocycles. The van der Waals surface area contributed by atoms with Gasteiger partial charge in [-0.15, -0.1) is 0 Å². The molecule has 144 valence electrons. The summed E-state index contributed by atoms with van der Waals surface area (Å²) in [5.74, 6) is -0.797. The van der Waals surface area contributed by atoms with Gasteiger partial charge < -0.3 is 0 Å². The largest absolute Gasteiger partial charge is 0.273 e. The smallest absolute Gasteiger partial charge is 0.269 e. The molecule has 0 aromatic heterocycles. The van der Waals surface area contributed by atoms with E-state index in [0.29, 0.717) is 13.1 Å². The Balaban J connectivity index is 2.04. The quantitative estimate of drug-likeness (QED) is 0.737. The Bertz CT molecular complexity index is 739. The van der Waals surface area contributed by atoms with Gasteiger partial charge >= 0.3 is 0 Å². The van der Waals surface area contributed by atoms with Crippen LogP contribution in [0.3, 0.4) is 0 Å². The second-order valence-corrected chi connectivity index (χ2v) is 8.33. The highest BCUT2D eigenvalue weighted by molar-refractivity contribution is 7.89. The van der Waals surface area contributed by atoms with Crippen LogP contribution in [-0.4, -0.2) is 37.6 Å². The van der Waals surface area contributed by atoms with Gasteiger partial charge in [-0.1, -0.05) is 39.2 Å². The highest BCUT2D eigenvalue weighted by atomic mass is 32.2. The summed E-state index contributed by atoms with van der Waals surface area (Å²) >= 11 is 0. The van der Waals surface area contributed by atoms with Crippen molar-refractivity contribution in [2.45, 2.75) is 50.8 Å². The van der Waals surface area contributed by atoms with Gasteiger partial charge in [0.25, 0.3) is 5.91 Å². The Morgan fingerprint density at radius 1 is 1.08 bits per heavy atom. The van der Waals surface area contributed by atoms with Gasteiger partial charge in [-0.3, -0.25) is 20.4 Å². The average molecular weight is 381 g/mol. The standard InChI is InChI=1S/C18H27N3O4S/c1-3-21(4-2)26(24,25)16-12-8-11-15(13-16)18(23)20-19-17(22)14-9-6-5-7-10-14/h8,11-14H,3-7,9-10H2,1-2H3,(H,19,22)(H,20,23). The van der Waals surface area contributed by atoms with Crippen molar-refractivity contribution in [3.8, 4) is 0 Å². The highest BCUT2D eigenvalue weighted by Gasteiger charge is 2.24. The third-order valence-electron chi connectivity index (χ3n) is 4.71. The van der Waals surface area contributed by atoms with E-state index in [0.717, 1.165) is 32.1 Å². The molecule has 1 aromatic rings. The molecule has 7 nitrogen and oxygen atoms in total. The number of hydrogen-bond donors (Lipinski definition) is 2. The van der Waals surface area contributed by atoms with E-state index in [-0.39, 0.29) is 22.3 Å². The van der Waals surface area contributed by atoms with E-state index in [2.05, 4.69) is 10.9 Å². The van der Waals surface area contributed by atoms with Gasteiger partial charge in [0.2, 0.25) is 15.9 Å². The fraction of sp³-hybridized carbons (Fsp3) is 0.556. The van der Waals surface area contributed by atoms with Gasteiger partial charge in [0, 0.05) is 24.6 Å². The molecule has 0 unspecified atom stereocenters. The zero-order chi connectivity index (χ0) is 19.2. The topological polar surface area (TPSA) is 95.6 Å². The minimum Gasteiger partial charge on any atom is -0.273 e. The maximum atomic E-state index is 12.6. The first-order valence-corrected chi connectivity index (χ1v) is 10.5. The minimum atomic E-state index is -3.64. The van der Waals surface area contributed by atoms with Crippen LogP contribution in [0.25, 0.3) is 0 Å². The monoisotopic (exact) mass is 381 g/mol. The third kappa shape index (κ3) is 4.82. The molecule has 2 N–H and O–H groups in total. The number of hydrazine groups is 1. The summed E-state index contributed by atoms with van der Waals surface area (Å²) in [5, 5.41) is 0. The van der Waals surface area contributed by atoms with Crippen molar-refractivity contribution in [2.24, 2.45) is 5.92 Å². The predicted octanol–water partition coefficient (Wildman–Crippen LogP) is 2.06. The highest BCUT2D eigenvalue weighted by Crippen LogP contribution is 2.23. The molecule has 1 aliphatic carbocycles. The van der Waals surface area contributed by atoms with E-state index in [9.17, 15) is 18.0 Å². The molecule has 0 radical (unpaired) electrons. The number of nitrogens with zero attached hydrogens (tertiary/aromatic N) is 1. The molecular weight excluding hydrogens is 354 g/mol. The summed E-state index contributed by atoms with van der Waals surface area (Å²) in [6.45, 7) is 4.23. The lowest BCUT2D eigenvalue weighted by atomic mass is 9.89. The van der Waals surface area contributed by atoms with E-state index >= 15 is 0 Å². The molecule has 2 amide bonds. The van der Waals surface area contributed by atoms with E-state index in [1.807, 2.05) is 0 Å². The summed E-state index contributed by atoms with van der Waals surface area (Å²) in [4.78, 5) is 24.4. The number of carbonyl (C=O) groups is 2. The summed E-state index contributed by atoms with van der Waals surface area (Å²) in [6.07, 6.45) is 4.86. The molecule has 1 aliphatic rings. The zero-order valence-electron chi connectivity index (χ0n) is 15.3. The maximum absolute atomic E-state index is 12.6. The molecular formula is C18H27N3O4S. The molecule has 0 bridgehead atoms. The van der Waals surface area contributed by atoms with Crippen LogP contribution in [0.1, 0.15) is 56.3 Å². The molecule has 1 fully saturated rings. The van der Waals surface area contributed by atoms with E-state index in [4.69, 9.17) is 0 Å². The van der Waals surface area contributed by atoms with Crippen LogP contribution < -0.4 is 10.9 Å². The lowest BCUT2D eigenvalue weighted by Gasteiger charge is -2.21. The SMILES string of the molecule is CCN(CC)S(=O)(=O)c1cccc(C(=O)NNC(=O)C2CCCCC2)c1. The zero-order valence-corrected chi connectivity index (χ0v) is 16.1. The van der Waals surface area contributed by atoms with Gasteiger partial charge in [0.15, 0.2) is 0 Å². The number of hydrogen-bond acceptors (Lipinski definition) is 4. The van der Waals surface area contributed by atoms with Crippen molar-refractivity contribution in [3.05, 3.63) is 29.8 Å². The molecule has 0 atom stereocenters. The lowest BCUT2D eigenvalue weighted by Crippen LogP contribution is -2.45. The average Bonchev–Trinajstić information content (AvgIpc) is 2.67. The fourth-order valence-electron chi connectivity index (χ4n) is 3.17. The van der Waals surface area contributed by atoms with Crippen molar-refractivity contribution >= 4 is 21.8 Å². The van der Waals surface area contributed by atoms with Crippen LogP contribution in [0.2, 0.25) is 0 Å². The van der Waals surface area contributed by atoms with Crippen LogP contribution in [-0.2, 0) is 14.8 Å². The number of rotatable bonds is 6. The Morgan fingerprint density at radius 2 is 1.73 bits per heavy atom. The van der Waals surface area contributed by atoms with Crippen LogP contribution in [0.4, 0.5) is 0 Å². The Hall–Kier alpha value is -1.93. The summed E-state index contributed by atoms with van der Waals surface area (Å²) < 4.78 is 26.5. The first kappa shape index (κ1) is 20.4. The second kappa shape index (κ2) is 9.14. The summed E-state index contributed by atoms with van der Waals surface area (Å²) in [6, 6.07) is 5.83. The van der Waals surface area contributed by atoms with Crippen molar-refractivity contribution in [1.29, 1.82) is 0 Å². The van der Waals surface area contributed by atoms with Crippen LogP contribution in [0.5, 0.6) is 0 Å². The number of amides is 2. The Kier molecular flexibility index (Phi) is 7.16. The van der Waals surface area contributed by atoms with Gasteiger partial charge in [0.05, 0.1) is 4.90 Å². The maximum Gasteiger partial charge on any atom is 0.269 e. The number of nitrogens with one attached hydrogen (secondary N) is 2. The van der Waals surface area contributed by atoms with E-state index in [1.165, 1.54) is 28.6 Å². The Labute approximate surface area is 155 Å². The third-order valence-corrected chi connectivity index (χ3v) is 6.76. The molecule has 0 aliphatic heterocycles. The van der Waals surface area contributed by atoms with Gasteiger partial charge in [0.1, 0.15) is 0 Å². The number of carbonyl (C=O) groups excluding carboxylic acids is 2. The van der Waals surface area contributed by atoms with Gasteiger partial charge in [-0.05, 0) is 31.0 Å². The number of benzene rings is 1. The first-order valence-electron chi connectivity index (χ1n) is 9.10. The summed E-state index contributed by atoms with van der Waals surface area (Å²) in [7, 11) is -3.64. The van der Waals surface area contributed by atoms with Crippen molar-refractivity contribution < 1.29 is 18.0 Å². The normalized spacial score (nSPS) is 15.7. The van der Waals surface area contributed by atoms with E-state index < -0.39 is 15.9 Å². The van der Waals surface area contributed by atoms with Gasteiger partial charge in [-0.2, -0.15) is 4.31 Å².